The van der Waals surface area contributed by atoms with Crippen LogP contribution in [0.4, 0.5) is 0 Å². The summed E-state index contributed by atoms with van der Waals surface area (Å²) in [6, 6.07) is 7.76. The molecule has 1 N–H and O–H groups in total. The number of aromatic hydroxyl groups is 1. The van der Waals surface area contributed by atoms with E-state index >= 15 is 0 Å². The Kier molecular flexibility index (Phi) is 2.16. The van der Waals surface area contributed by atoms with Gasteiger partial charge in [0.25, 0.3) is 0 Å². The number of thiol groups is 1. The molecule has 0 radical (unpaired) electrons. The van der Waals surface area contributed by atoms with Crippen molar-refractivity contribution in [3.8, 4) is 5.75 Å². The summed E-state index contributed by atoms with van der Waals surface area (Å²) >= 11 is 4.47. The van der Waals surface area contributed by atoms with Crippen molar-refractivity contribution in [1.29, 1.82) is 0 Å². The molecule has 0 amide bonds. The quantitative estimate of drug-likeness (QED) is 0.630. The molecule has 0 atom stereocenters. The number of phenols is 1. The molecule has 0 aliphatic heterocycles. The van der Waals surface area contributed by atoms with Crippen molar-refractivity contribution < 1.29 is 5.11 Å². The topological polar surface area (TPSA) is 20.2 Å². The molecule has 2 aromatic carbocycles. The Labute approximate surface area is 88.8 Å². The largest absolute Gasteiger partial charge is 0.507 e. The zero-order valence-corrected chi connectivity index (χ0v) is 9.10. The number of fused-ring (bicyclic) bond motifs is 1. The lowest BCUT2D eigenvalue weighted by Crippen LogP contribution is -1.87. The predicted molar refractivity (Wildman–Crippen MR) is 62.3 cm³/mol. The van der Waals surface area contributed by atoms with Gasteiger partial charge in [-0.25, -0.2) is 0 Å². The highest BCUT2D eigenvalue weighted by Gasteiger charge is 2.10. The van der Waals surface area contributed by atoms with Gasteiger partial charge in [0.15, 0.2) is 0 Å². The SMILES string of the molecule is Cc1c(C)c(S)c2ccccc2c1O. The fraction of sp³-hybridized carbons (Fsp3) is 0.167. The molecule has 72 valence electrons. The molecule has 0 saturated heterocycles. The van der Waals surface area contributed by atoms with Gasteiger partial charge in [-0.1, -0.05) is 24.3 Å². The van der Waals surface area contributed by atoms with E-state index < -0.39 is 0 Å². The molecule has 2 rings (SSSR count). The molecule has 0 bridgehead atoms. The molecule has 0 saturated carbocycles. The van der Waals surface area contributed by atoms with E-state index in [1.165, 1.54) is 0 Å². The van der Waals surface area contributed by atoms with Crippen LogP contribution in [0.3, 0.4) is 0 Å². The molecule has 0 unspecified atom stereocenters. The molecule has 2 aromatic rings. The fourth-order valence-electron chi connectivity index (χ4n) is 1.66. The number of rotatable bonds is 0. The van der Waals surface area contributed by atoms with Crippen molar-refractivity contribution in [2.75, 3.05) is 0 Å². The van der Waals surface area contributed by atoms with E-state index in [4.69, 9.17) is 0 Å². The molecule has 0 spiro atoms. The van der Waals surface area contributed by atoms with Crippen LogP contribution in [0.15, 0.2) is 29.2 Å². The second-order valence-corrected chi connectivity index (χ2v) is 3.94. The maximum atomic E-state index is 9.93. The van der Waals surface area contributed by atoms with Crippen LogP contribution in [-0.2, 0) is 0 Å². The highest BCUT2D eigenvalue weighted by atomic mass is 32.1. The first-order chi connectivity index (χ1) is 6.63. The monoisotopic (exact) mass is 204 g/mol. The summed E-state index contributed by atoms with van der Waals surface area (Å²) in [5.41, 5.74) is 1.96. The molecule has 0 aliphatic rings. The van der Waals surface area contributed by atoms with Crippen molar-refractivity contribution in [3.05, 3.63) is 35.4 Å². The average Bonchev–Trinajstić information content (AvgIpc) is 2.23. The maximum absolute atomic E-state index is 9.93. The highest BCUT2D eigenvalue weighted by molar-refractivity contribution is 7.80. The Balaban J connectivity index is 3.02. The Morgan fingerprint density at radius 2 is 1.57 bits per heavy atom. The molecule has 0 fully saturated rings. The van der Waals surface area contributed by atoms with Crippen LogP contribution in [-0.4, -0.2) is 5.11 Å². The minimum Gasteiger partial charge on any atom is -0.507 e. The number of phenolic OH excluding ortho intramolecular Hbond substituents is 1. The Hall–Kier alpha value is -1.15. The van der Waals surface area contributed by atoms with Gasteiger partial charge >= 0.3 is 0 Å². The molecular weight excluding hydrogens is 192 g/mol. The van der Waals surface area contributed by atoms with Crippen LogP contribution in [0.25, 0.3) is 10.8 Å². The molecule has 2 heteroatoms. The Morgan fingerprint density at radius 1 is 1.00 bits per heavy atom. The van der Waals surface area contributed by atoms with Gasteiger partial charge in [-0.05, 0) is 30.4 Å². The minimum absolute atomic E-state index is 0.371. The fourth-order valence-corrected chi connectivity index (χ4v) is 2.02. The van der Waals surface area contributed by atoms with Crippen LogP contribution in [0, 0.1) is 13.8 Å². The van der Waals surface area contributed by atoms with Crippen molar-refractivity contribution in [2.45, 2.75) is 18.7 Å². The standard InChI is InChI=1S/C12H12OS/c1-7-8(2)12(14)10-6-4-3-5-9(10)11(7)13/h3-6,13-14H,1-2H3. The third-order valence-electron chi connectivity index (χ3n) is 2.71. The van der Waals surface area contributed by atoms with Gasteiger partial charge in [0.1, 0.15) is 5.75 Å². The Bertz CT molecular complexity index is 457. The van der Waals surface area contributed by atoms with E-state index in [1.807, 2.05) is 38.1 Å². The van der Waals surface area contributed by atoms with Crippen LogP contribution < -0.4 is 0 Å². The number of hydrogen-bond donors (Lipinski definition) is 2. The van der Waals surface area contributed by atoms with E-state index in [0.29, 0.717) is 5.75 Å². The van der Waals surface area contributed by atoms with Crippen molar-refractivity contribution in [1.82, 2.24) is 0 Å². The highest BCUT2D eigenvalue weighted by Crippen LogP contribution is 2.35. The number of benzene rings is 2. The number of hydrogen-bond acceptors (Lipinski definition) is 2. The van der Waals surface area contributed by atoms with Gasteiger partial charge in [-0.15, -0.1) is 12.6 Å². The van der Waals surface area contributed by atoms with Gasteiger partial charge < -0.3 is 5.11 Å². The third kappa shape index (κ3) is 1.18. The van der Waals surface area contributed by atoms with Crippen LogP contribution in [0.5, 0.6) is 5.75 Å². The first kappa shape index (κ1) is 9.41. The normalized spacial score (nSPS) is 10.8. The summed E-state index contributed by atoms with van der Waals surface area (Å²) in [4.78, 5) is 0.955. The van der Waals surface area contributed by atoms with Crippen molar-refractivity contribution in [3.63, 3.8) is 0 Å². The summed E-state index contributed by atoms with van der Waals surface area (Å²) in [6.45, 7) is 3.89. The van der Waals surface area contributed by atoms with Crippen LogP contribution >= 0.6 is 12.6 Å². The summed E-state index contributed by atoms with van der Waals surface area (Å²) in [6.07, 6.45) is 0. The summed E-state index contributed by atoms with van der Waals surface area (Å²) in [5.74, 6) is 0.371. The van der Waals surface area contributed by atoms with Crippen molar-refractivity contribution in [2.24, 2.45) is 0 Å². The molecule has 0 aliphatic carbocycles. The third-order valence-corrected chi connectivity index (χ3v) is 3.29. The lowest BCUT2D eigenvalue weighted by molar-refractivity contribution is 0.476. The van der Waals surface area contributed by atoms with Crippen molar-refractivity contribution >= 4 is 23.4 Å². The molecule has 0 aromatic heterocycles. The molecule has 14 heavy (non-hydrogen) atoms. The molecular formula is C12H12OS. The summed E-state index contributed by atoms with van der Waals surface area (Å²) < 4.78 is 0. The molecule has 1 nitrogen and oxygen atoms in total. The van der Waals surface area contributed by atoms with E-state index in [-0.39, 0.29) is 0 Å². The van der Waals surface area contributed by atoms with Crippen LogP contribution in [0.2, 0.25) is 0 Å². The van der Waals surface area contributed by atoms with E-state index in [2.05, 4.69) is 12.6 Å². The minimum atomic E-state index is 0.371. The zero-order valence-electron chi connectivity index (χ0n) is 8.20. The second-order valence-electron chi connectivity index (χ2n) is 3.49. The van der Waals surface area contributed by atoms with E-state index in [9.17, 15) is 5.11 Å². The average molecular weight is 204 g/mol. The van der Waals surface area contributed by atoms with Gasteiger partial charge in [0.2, 0.25) is 0 Å². The summed E-state index contributed by atoms with van der Waals surface area (Å²) in [7, 11) is 0. The second kappa shape index (κ2) is 3.21. The summed E-state index contributed by atoms with van der Waals surface area (Å²) in [5, 5.41) is 11.8. The maximum Gasteiger partial charge on any atom is 0.126 e. The smallest absolute Gasteiger partial charge is 0.126 e. The zero-order chi connectivity index (χ0) is 10.3. The van der Waals surface area contributed by atoms with Gasteiger partial charge in [0.05, 0.1) is 0 Å². The lowest BCUT2D eigenvalue weighted by Gasteiger charge is -2.11. The lowest BCUT2D eigenvalue weighted by atomic mass is 10.0. The van der Waals surface area contributed by atoms with E-state index in [0.717, 1.165) is 26.8 Å². The molecule has 0 heterocycles. The first-order valence-corrected chi connectivity index (χ1v) is 4.97. The Morgan fingerprint density at radius 3 is 2.21 bits per heavy atom. The van der Waals surface area contributed by atoms with Gasteiger partial charge in [-0.2, -0.15) is 0 Å². The van der Waals surface area contributed by atoms with E-state index in [1.54, 1.807) is 0 Å². The van der Waals surface area contributed by atoms with Gasteiger partial charge in [0, 0.05) is 10.3 Å². The predicted octanol–water partition coefficient (Wildman–Crippen LogP) is 3.45. The first-order valence-electron chi connectivity index (χ1n) is 4.52. The van der Waals surface area contributed by atoms with Gasteiger partial charge in [-0.3, -0.25) is 0 Å². The van der Waals surface area contributed by atoms with Crippen LogP contribution in [0.1, 0.15) is 11.1 Å².